The van der Waals surface area contributed by atoms with Crippen molar-refractivity contribution in [1.29, 1.82) is 0 Å². The molecule has 1 atom stereocenters. The SMILES string of the molecule is CC(C1=C(CCN(C)CCO)Cc2cc(F)ccc21)c1cnccn1. The van der Waals surface area contributed by atoms with Crippen LogP contribution in [-0.2, 0) is 6.42 Å². The number of aliphatic hydroxyl groups is 1. The molecular formula is C20H24FN3O. The molecule has 0 radical (unpaired) electrons. The first-order chi connectivity index (χ1) is 12.1. The highest BCUT2D eigenvalue weighted by atomic mass is 19.1. The van der Waals surface area contributed by atoms with E-state index < -0.39 is 0 Å². The van der Waals surface area contributed by atoms with Gasteiger partial charge in [0.1, 0.15) is 5.82 Å². The number of nitrogens with zero attached hydrogens (tertiary/aromatic N) is 3. The van der Waals surface area contributed by atoms with Crippen molar-refractivity contribution in [2.75, 3.05) is 26.7 Å². The van der Waals surface area contributed by atoms with Crippen molar-refractivity contribution in [2.45, 2.75) is 25.7 Å². The number of allylic oxidation sites excluding steroid dienone is 1. The van der Waals surface area contributed by atoms with Crippen molar-refractivity contribution < 1.29 is 9.50 Å². The molecule has 0 bridgehead atoms. The Labute approximate surface area is 148 Å². The molecule has 0 saturated heterocycles. The predicted molar refractivity (Wildman–Crippen MR) is 96.7 cm³/mol. The normalized spacial score (nSPS) is 14.9. The Morgan fingerprint density at radius 3 is 2.84 bits per heavy atom. The van der Waals surface area contributed by atoms with Crippen LogP contribution in [0.3, 0.4) is 0 Å². The van der Waals surface area contributed by atoms with Gasteiger partial charge < -0.3 is 10.0 Å². The number of aliphatic hydroxyl groups excluding tert-OH is 1. The van der Waals surface area contributed by atoms with E-state index in [1.807, 2.05) is 13.1 Å². The number of benzene rings is 1. The smallest absolute Gasteiger partial charge is 0.123 e. The molecule has 1 aromatic carbocycles. The minimum Gasteiger partial charge on any atom is -0.395 e. The van der Waals surface area contributed by atoms with Crippen molar-refractivity contribution in [3.05, 3.63) is 65.0 Å². The Hall–Kier alpha value is -2.11. The topological polar surface area (TPSA) is 49.2 Å². The molecule has 1 heterocycles. The molecule has 0 saturated carbocycles. The molecule has 1 aromatic heterocycles. The molecule has 1 N–H and O–H groups in total. The molecule has 3 rings (SSSR count). The van der Waals surface area contributed by atoms with Gasteiger partial charge in [0.25, 0.3) is 0 Å². The standard InChI is InChI=1S/C20H24FN3O/c1-14(19-13-22-6-7-23-19)20-15(5-8-24(2)9-10-25)11-16-12-17(21)3-4-18(16)20/h3-4,6-7,12-14,25H,5,8-11H2,1-2H3. The van der Waals surface area contributed by atoms with Crippen LogP contribution in [-0.4, -0.2) is 46.7 Å². The monoisotopic (exact) mass is 341 g/mol. The van der Waals surface area contributed by atoms with Crippen molar-refractivity contribution in [3.63, 3.8) is 0 Å². The van der Waals surface area contributed by atoms with E-state index >= 15 is 0 Å². The highest BCUT2D eigenvalue weighted by Crippen LogP contribution is 2.42. The lowest BCUT2D eigenvalue weighted by atomic mass is 9.90. The second-order valence-corrected chi connectivity index (χ2v) is 6.62. The molecule has 5 heteroatoms. The predicted octanol–water partition coefficient (Wildman–Crippen LogP) is 3.04. The largest absolute Gasteiger partial charge is 0.395 e. The van der Waals surface area contributed by atoms with E-state index in [1.165, 1.54) is 17.2 Å². The maximum absolute atomic E-state index is 13.7. The summed E-state index contributed by atoms with van der Waals surface area (Å²) in [6.45, 7) is 3.81. The van der Waals surface area contributed by atoms with Crippen LogP contribution in [0.15, 0.2) is 42.4 Å². The van der Waals surface area contributed by atoms with Crippen LogP contribution in [0.25, 0.3) is 5.57 Å². The third kappa shape index (κ3) is 3.94. The summed E-state index contributed by atoms with van der Waals surface area (Å²) in [6.07, 6.45) is 6.86. The summed E-state index contributed by atoms with van der Waals surface area (Å²) in [5.41, 5.74) is 5.66. The van der Waals surface area contributed by atoms with E-state index in [2.05, 4.69) is 21.8 Å². The Bertz CT molecular complexity index is 761. The first kappa shape index (κ1) is 17.7. The van der Waals surface area contributed by atoms with Crippen LogP contribution < -0.4 is 0 Å². The zero-order valence-electron chi connectivity index (χ0n) is 14.7. The van der Waals surface area contributed by atoms with E-state index in [1.54, 1.807) is 24.7 Å². The molecule has 0 amide bonds. The molecule has 1 unspecified atom stereocenters. The number of hydrogen-bond acceptors (Lipinski definition) is 4. The van der Waals surface area contributed by atoms with E-state index in [0.29, 0.717) is 6.54 Å². The van der Waals surface area contributed by atoms with Crippen LogP contribution in [0.2, 0.25) is 0 Å². The van der Waals surface area contributed by atoms with Crippen LogP contribution in [0.4, 0.5) is 4.39 Å². The molecule has 0 aliphatic heterocycles. The van der Waals surface area contributed by atoms with Crippen LogP contribution >= 0.6 is 0 Å². The first-order valence-corrected chi connectivity index (χ1v) is 8.66. The van der Waals surface area contributed by atoms with Crippen molar-refractivity contribution in [3.8, 4) is 0 Å². The number of hydrogen-bond donors (Lipinski definition) is 1. The molecule has 25 heavy (non-hydrogen) atoms. The maximum Gasteiger partial charge on any atom is 0.123 e. The lowest BCUT2D eigenvalue weighted by molar-refractivity contribution is 0.222. The number of aromatic nitrogens is 2. The van der Waals surface area contributed by atoms with E-state index in [-0.39, 0.29) is 18.3 Å². The number of halogens is 1. The van der Waals surface area contributed by atoms with E-state index in [4.69, 9.17) is 5.11 Å². The lowest BCUT2D eigenvalue weighted by Gasteiger charge is -2.19. The van der Waals surface area contributed by atoms with Gasteiger partial charge in [-0.25, -0.2) is 4.39 Å². The van der Waals surface area contributed by atoms with Crippen LogP contribution in [0.5, 0.6) is 0 Å². The fraction of sp³-hybridized carbons (Fsp3) is 0.400. The van der Waals surface area contributed by atoms with Crippen molar-refractivity contribution in [2.24, 2.45) is 0 Å². The fourth-order valence-electron chi connectivity index (χ4n) is 3.54. The Morgan fingerprint density at radius 2 is 2.12 bits per heavy atom. The van der Waals surface area contributed by atoms with Gasteiger partial charge in [0.2, 0.25) is 0 Å². The molecule has 1 aliphatic carbocycles. The van der Waals surface area contributed by atoms with Gasteiger partial charge >= 0.3 is 0 Å². The van der Waals surface area contributed by atoms with Gasteiger partial charge in [-0.1, -0.05) is 18.6 Å². The minimum atomic E-state index is -0.191. The average molecular weight is 341 g/mol. The van der Waals surface area contributed by atoms with Gasteiger partial charge in [-0.15, -0.1) is 0 Å². The van der Waals surface area contributed by atoms with Gasteiger partial charge in [-0.05, 0) is 48.7 Å². The van der Waals surface area contributed by atoms with Gasteiger partial charge in [-0.2, -0.15) is 0 Å². The Kier molecular flexibility index (Phi) is 5.56. The summed E-state index contributed by atoms with van der Waals surface area (Å²) in [6, 6.07) is 5.06. The summed E-state index contributed by atoms with van der Waals surface area (Å²) in [5.74, 6) is -0.0811. The van der Waals surface area contributed by atoms with Gasteiger partial charge in [0, 0.05) is 37.6 Å². The zero-order chi connectivity index (χ0) is 17.8. The fourth-order valence-corrected chi connectivity index (χ4v) is 3.54. The summed E-state index contributed by atoms with van der Waals surface area (Å²) in [4.78, 5) is 10.8. The van der Waals surface area contributed by atoms with E-state index in [9.17, 15) is 4.39 Å². The molecule has 132 valence electrons. The number of likely N-dealkylation sites (N-methyl/N-ethyl adjacent to an activating group) is 1. The molecule has 4 nitrogen and oxygen atoms in total. The van der Waals surface area contributed by atoms with Gasteiger partial charge in [-0.3, -0.25) is 9.97 Å². The highest BCUT2D eigenvalue weighted by molar-refractivity contribution is 5.80. The Morgan fingerprint density at radius 1 is 1.28 bits per heavy atom. The second-order valence-electron chi connectivity index (χ2n) is 6.62. The lowest BCUT2D eigenvalue weighted by Crippen LogP contribution is -2.23. The molecule has 0 fully saturated rings. The summed E-state index contributed by atoms with van der Waals surface area (Å²) >= 11 is 0. The van der Waals surface area contributed by atoms with Gasteiger partial charge in [0.15, 0.2) is 0 Å². The van der Waals surface area contributed by atoms with Crippen LogP contribution in [0, 0.1) is 5.82 Å². The number of fused-ring (bicyclic) bond motifs is 1. The average Bonchev–Trinajstić information content (AvgIpc) is 2.97. The first-order valence-electron chi connectivity index (χ1n) is 8.66. The number of rotatable bonds is 7. The summed E-state index contributed by atoms with van der Waals surface area (Å²) in [7, 11) is 2.00. The molecule has 0 spiro atoms. The highest BCUT2D eigenvalue weighted by Gasteiger charge is 2.27. The Balaban J connectivity index is 1.92. The van der Waals surface area contributed by atoms with Crippen molar-refractivity contribution in [1.82, 2.24) is 14.9 Å². The van der Waals surface area contributed by atoms with Crippen molar-refractivity contribution >= 4 is 5.57 Å². The maximum atomic E-state index is 13.7. The minimum absolute atomic E-state index is 0.110. The quantitative estimate of drug-likeness (QED) is 0.841. The summed E-state index contributed by atoms with van der Waals surface area (Å²) < 4.78 is 13.7. The third-order valence-corrected chi connectivity index (χ3v) is 4.88. The second kappa shape index (κ2) is 7.85. The molecular weight excluding hydrogens is 317 g/mol. The third-order valence-electron chi connectivity index (χ3n) is 4.88. The van der Waals surface area contributed by atoms with E-state index in [0.717, 1.165) is 36.2 Å². The molecule has 2 aromatic rings. The summed E-state index contributed by atoms with van der Waals surface area (Å²) in [5, 5.41) is 9.08. The molecule has 1 aliphatic rings. The van der Waals surface area contributed by atoms with Gasteiger partial charge in [0.05, 0.1) is 12.3 Å². The zero-order valence-corrected chi connectivity index (χ0v) is 14.7. The van der Waals surface area contributed by atoms with Crippen LogP contribution in [0.1, 0.15) is 36.1 Å².